The summed E-state index contributed by atoms with van der Waals surface area (Å²) in [6.07, 6.45) is 0. The number of benzene rings is 5. The molecule has 4 aromatic carbocycles. The molecule has 1 aliphatic heterocycles. The van der Waals surface area contributed by atoms with E-state index in [9.17, 15) is 25.9 Å². The number of hydrogen-bond acceptors (Lipinski definition) is 6. The zero-order valence-corrected chi connectivity index (χ0v) is 27.0. The fourth-order valence-electron chi connectivity index (χ4n) is 5.83. The summed E-state index contributed by atoms with van der Waals surface area (Å²) in [4.78, 5) is 3.03. The van der Waals surface area contributed by atoms with Crippen molar-refractivity contribution in [1.29, 1.82) is 0 Å². The molecule has 0 radical (unpaired) electrons. The maximum atomic E-state index is 12.5. The van der Waals surface area contributed by atoms with Gasteiger partial charge < -0.3 is 9.73 Å². The Morgan fingerprint density at radius 3 is 2.07 bits per heavy atom. The maximum absolute atomic E-state index is 12.5. The molecule has 11 heteroatoms. The van der Waals surface area contributed by atoms with E-state index in [4.69, 9.17) is 4.42 Å². The third-order valence-corrected chi connectivity index (χ3v) is 9.99. The highest BCUT2D eigenvalue weighted by atomic mass is 32.2. The van der Waals surface area contributed by atoms with Gasteiger partial charge in [0.1, 0.15) is 16.2 Å². The van der Waals surface area contributed by atoms with Gasteiger partial charge in [-0.25, -0.2) is 4.99 Å². The fourth-order valence-corrected chi connectivity index (χ4v) is 7.26. The summed E-state index contributed by atoms with van der Waals surface area (Å²) in [5, 5.41) is 4.60. The minimum Gasteiger partial charge on any atom is -0.456 e. The molecule has 0 spiro atoms. The molecule has 0 aromatic heterocycles. The highest BCUT2D eigenvalue weighted by Crippen LogP contribution is 2.43. The van der Waals surface area contributed by atoms with E-state index in [-0.39, 0.29) is 9.79 Å². The Morgan fingerprint density at radius 1 is 0.674 bits per heavy atom. The second-order valence-corrected chi connectivity index (χ2v) is 14.0. The smallest absolute Gasteiger partial charge is 0.295 e. The van der Waals surface area contributed by atoms with Gasteiger partial charge in [-0.15, -0.1) is 0 Å². The van der Waals surface area contributed by atoms with E-state index in [1.807, 2.05) is 57.2 Å². The highest BCUT2D eigenvalue weighted by Gasteiger charge is 2.24. The van der Waals surface area contributed by atoms with E-state index in [2.05, 4.69) is 10.3 Å². The van der Waals surface area contributed by atoms with Crippen molar-refractivity contribution >= 4 is 48.3 Å². The van der Waals surface area contributed by atoms with Crippen LogP contribution in [0.15, 0.2) is 105 Å². The van der Waals surface area contributed by atoms with Gasteiger partial charge in [0.05, 0.1) is 11.0 Å². The van der Waals surface area contributed by atoms with E-state index in [1.165, 1.54) is 12.1 Å². The molecule has 0 atom stereocenters. The summed E-state index contributed by atoms with van der Waals surface area (Å²) >= 11 is 0. The molecule has 0 unspecified atom stereocenters. The number of aryl methyl sites for hydroxylation is 3. The number of nitrogens with one attached hydrogen (secondary N) is 2. The normalized spacial score (nSPS) is 12.6. The second kappa shape index (κ2) is 11.5. The van der Waals surface area contributed by atoms with Gasteiger partial charge >= 0.3 is 0 Å². The van der Waals surface area contributed by atoms with Crippen LogP contribution in [0.4, 0.5) is 17.1 Å². The first-order chi connectivity index (χ1) is 21.7. The lowest BCUT2D eigenvalue weighted by molar-refractivity contribution is -0.403. The van der Waals surface area contributed by atoms with E-state index in [0.29, 0.717) is 50.4 Å². The summed E-state index contributed by atoms with van der Waals surface area (Å²) in [6, 6.07) is 26.1. The summed E-state index contributed by atoms with van der Waals surface area (Å²) in [7, 11) is -9.02. The average molecular weight is 656 g/mol. The van der Waals surface area contributed by atoms with Gasteiger partial charge in [-0.2, -0.15) is 16.8 Å². The summed E-state index contributed by atoms with van der Waals surface area (Å²) in [5.74, 6) is 0.460. The maximum Gasteiger partial charge on any atom is 0.295 e. The molecular weight excluding hydrogens is 625 g/mol. The fraction of sp³-hybridized carbons (Fsp3) is 0.114. The zero-order chi connectivity index (χ0) is 33.0. The Morgan fingerprint density at radius 2 is 1.37 bits per heavy atom. The van der Waals surface area contributed by atoms with E-state index < -0.39 is 20.2 Å². The minimum absolute atomic E-state index is 0.204. The molecule has 0 saturated heterocycles. The molecule has 2 aliphatic rings. The topological polar surface area (TPSA) is 148 Å². The molecule has 4 N–H and O–H groups in total. The zero-order valence-electron chi connectivity index (χ0n) is 25.4. The Labute approximate surface area is 266 Å². The monoisotopic (exact) mass is 655 g/mol. The highest BCUT2D eigenvalue weighted by molar-refractivity contribution is 7.86. The SMILES string of the molecule is Cc1ccc(S(=O)(=O)O)c(C)c1Nc1ccc2c(-c3ccccc3S(=O)(=O)O)c3ccc(=[NH+]c4c(C)cccc4C)cc-3oc2c1. The first-order valence-electron chi connectivity index (χ1n) is 14.3. The van der Waals surface area contributed by atoms with Crippen LogP contribution in [-0.2, 0) is 20.2 Å². The number of para-hydroxylation sites is 1. The van der Waals surface area contributed by atoms with Crippen molar-refractivity contribution in [3.05, 3.63) is 119 Å². The Balaban J connectivity index is 1.62. The molecule has 234 valence electrons. The Kier molecular flexibility index (Phi) is 7.81. The van der Waals surface area contributed by atoms with Gasteiger partial charge in [0.2, 0.25) is 11.0 Å². The predicted molar refractivity (Wildman–Crippen MR) is 177 cm³/mol. The van der Waals surface area contributed by atoms with Crippen LogP contribution in [0.3, 0.4) is 0 Å². The Hall–Kier alpha value is -4.81. The lowest BCUT2D eigenvalue weighted by Crippen LogP contribution is -2.71. The van der Waals surface area contributed by atoms with Crippen molar-refractivity contribution in [2.75, 3.05) is 5.32 Å². The van der Waals surface area contributed by atoms with Crippen molar-refractivity contribution in [3.63, 3.8) is 0 Å². The van der Waals surface area contributed by atoms with Gasteiger partial charge in [0, 0.05) is 56.7 Å². The largest absolute Gasteiger partial charge is 0.456 e. The van der Waals surface area contributed by atoms with Crippen molar-refractivity contribution < 1.29 is 35.4 Å². The number of hydrogen-bond donors (Lipinski definition) is 4. The molecular formula is C35H31N2O7S2+. The first kappa shape index (κ1) is 31.2. The lowest BCUT2D eigenvalue weighted by Gasteiger charge is -2.18. The van der Waals surface area contributed by atoms with Crippen molar-refractivity contribution in [1.82, 2.24) is 0 Å². The van der Waals surface area contributed by atoms with Crippen LogP contribution in [-0.4, -0.2) is 25.9 Å². The average Bonchev–Trinajstić information content (AvgIpc) is 2.98. The predicted octanol–water partition coefficient (Wildman–Crippen LogP) is 5.99. The van der Waals surface area contributed by atoms with Crippen molar-refractivity contribution in [2.45, 2.75) is 37.5 Å². The van der Waals surface area contributed by atoms with Gasteiger partial charge in [-0.3, -0.25) is 9.11 Å². The van der Waals surface area contributed by atoms with Crippen LogP contribution in [0.5, 0.6) is 0 Å². The Bertz CT molecular complexity index is 2430. The molecule has 0 saturated carbocycles. The molecule has 1 heterocycles. The minimum atomic E-state index is -4.58. The van der Waals surface area contributed by atoms with Gasteiger partial charge in [-0.05, 0) is 69.2 Å². The molecule has 4 aromatic rings. The van der Waals surface area contributed by atoms with Gasteiger partial charge in [0.15, 0.2) is 0 Å². The third kappa shape index (κ3) is 5.81. The van der Waals surface area contributed by atoms with Crippen LogP contribution in [0.2, 0.25) is 0 Å². The second-order valence-electron chi connectivity index (χ2n) is 11.2. The summed E-state index contributed by atoms with van der Waals surface area (Å²) < 4.78 is 75.2. The molecule has 9 nitrogen and oxygen atoms in total. The molecule has 0 fully saturated rings. The number of anilines is 2. The van der Waals surface area contributed by atoms with Crippen LogP contribution in [0, 0.1) is 27.7 Å². The van der Waals surface area contributed by atoms with Crippen LogP contribution < -0.4 is 15.7 Å². The van der Waals surface area contributed by atoms with Crippen molar-refractivity contribution in [2.24, 2.45) is 0 Å². The molecule has 0 amide bonds. The molecule has 0 bridgehead atoms. The first-order valence-corrected chi connectivity index (χ1v) is 17.2. The van der Waals surface area contributed by atoms with Gasteiger partial charge in [-0.1, -0.05) is 42.5 Å². The van der Waals surface area contributed by atoms with Crippen LogP contribution in [0.1, 0.15) is 22.3 Å². The van der Waals surface area contributed by atoms with Crippen LogP contribution in [0.25, 0.3) is 33.4 Å². The molecule has 46 heavy (non-hydrogen) atoms. The van der Waals surface area contributed by atoms with E-state index in [0.717, 1.165) is 27.7 Å². The molecule has 1 aliphatic carbocycles. The summed E-state index contributed by atoms with van der Waals surface area (Å²) in [6.45, 7) is 7.45. The summed E-state index contributed by atoms with van der Waals surface area (Å²) in [5.41, 5.74) is 7.16. The number of fused-ring (bicyclic) bond motifs is 2. The quantitative estimate of drug-likeness (QED) is 0.126. The third-order valence-electron chi connectivity index (χ3n) is 8.08. The van der Waals surface area contributed by atoms with Crippen molar-refractivity contribution in [3.8, 4) is 22.5 Å². The van der Waals surface area contributed by atoms with Crippen LogP contribution >= 0.6 is 0 Å². The standard InChI is InChI=1S/C35H30N2O7S2/c1-20-8-7-9-21(2)34(20)36-24-13-15-26-29(18-24)44-30-19-25(37-35-22(3)12-17-31(23(35)4)45(38,39)40)14-16-27(30)33(26)28-10-5-6-11-32(28)46(41,42)43/h5-19,37H,1-4H3,(H,38,39,40)(H,41,42,43)/p+1. The number of rotatable bonds is 6. The van der Waals surface area contributed by atoms with E-state index >= 15 is 0 Å². The van der Waals surface area contributed by atoms with Gasteiger partial charge in [0.25, 0.3) is 20.2 Å². The molecule has 6 rings (SSSR count). The van der Waals surface area contributed by atoms with E-state index in [1.54, 1.807) is 49.4 Å². The lowest BCUT2D eigenvalue weighted by atomic mass is 9.93.